The number of nitriles is 1. The Morgan fingerprint density at radius 2 is 1.80 bits per heavy atom. The highest BCUT2D eigenvalue weighted by molar-refractivity contribution is 5.81. The highest BCUT2D eigenvalue weighted by Crippen LogP contribution is 2.34. The number of aromatic nitrogens is 1. The molecule has 210 valence electrons. The maximum Gasteiger partial charge on any atom is 0.417 e. The number of nitrogens with zero attached hydrogens (tertiary/aromatic N) is 4. The van der Waals surface area contributed by atoms with E-state index < -0.39 is 11.7 Å². The minimum atomic E-state index is -4.58. The molecular formula is C30H32F3N5O2. The van der Waals surface area contributed by atoms with Crippen LogP contribution in [0.4, 0.5) is 24.7 Å². The Morgan fingerprint density at radius 1 is 1.05 bits per heavy atom. The van der Waals surface area contributed by atoms with Crippen molar-refractivity contribution in [3.63, 3.8) is 0 Å². The van der Waals surface area contributed by atoms with Gasteiger partial charge in [-0.05, 0) is 75.1 Å². The van der Waals surface area contributed by atoms with E-state index in [0.717, 1.165) is 35.6 Å². The molecule has 1 N–H and O–H groups in total. The number of amides is 1. The first-order chi connectivity index (χ1) is 19.2. The first kappa shape index (κ1) is 27.7. The predicted molar refractivity (Wildman–Crippen MR) is 147 cm³/mol. The molecule has 7 nitrogen and oxygen atoms in total. The van der Waals surface area contributed by atoms with E-state index in [9.17, 15) is 18.0 Å². The summed E-state index contributed by atoms with van der Waals surface area (Å²) in [6.45, 7) is 4.72. The van der Waals surface area contributed by atoms with Gasteiger partial charge < -0.3 is 19.9 Å². The quantitative estimate of drug-likeness (QED) is 0.435. The molecule has 2 aliphatic rings. The molecule has 3 aromatic rings. The van der Waals surface area contributed by atoms with Crippen molar-refractivity contribution >= 4 is 28.3 Å². The second-order valence-electron chi connectivity index (χ2n) is 10.5. The molecule has 40 heavy (non-hydrogen) atoms. The molecule has 2 fully saturated rings. The number of rotatable bonds is 6. The summed E-state index contributed by atoms with van der Waals surface area (Å²) < 4.78 is 45.7. The predicted octanol–water partition coefficient (Wildman–Crippen LogP) is 5.52. The highest BCUT2D eigenvalue weighted by atomic mass is 19.4. The van der Waals surface area contributed by atoms with Crippen LogP contribution < -0.4 is 10.2 Å². The van der Waals surface area contributed by atoms with E-state index in [2.05, 4.69) is 35.3 Å². The number of pyridine rings is 1. The van der Waals surface area contributed by atoms with Crippen LogP contribution in [0.3, 0.4) is 0 Å². The van der Waals surface area contributed by atoms with Gasteiger partial charge in [-0.15, -0.1) is 0 Å². The van der Waals surface area contributed by atoms with E-state index in [0.29, 0.717) is 44.7 Å². The van der Waals surface area contributed by atoms with Gasteiger partial charge in [0.05, 0.1) is 28.8 Å². The number of halogens is 3. The monoisotopic (exact) mass is 551 g/mol. The SMILES string of the molecule is Cc1ccc2nc(N3CCN(C(=O)CO[C@H]4CC[C@H](Nc5ccc(C#N)c(C(F)(F)F)c5)CC4)CC3)ccc2c1. The number of ether oxygens (including phenoxy) is 1. The second-order valence-corrected chi connectivity index (χ2v) is 10.5. The normalized spacial score (nSPS) is 19.9. The Labute approximate surface area is 231 Å². The molecule has 2 aromatic carbocycles. The Hall–Kier alpha value is -3.84. The lowest BCUT2D eigenvalue weighted by Gasteiger charge is -2.36. The molecule has 10 heteroatoms. The fourth-order valence-corrected chi connectivity index (χ4v) is 5.45. The van der Waals surface area contributed by atoms with E-state index >= 15 is 0 Å². The molecule has 0 atom stereocenters. The molecule has 1 aliphatic carbocycles. The number of nitrogens with one attached hydrogen (secondary N) is 1. The molecule has 1 amide bonds. The summed E-state index contributed by atoms with van der Waals surface area (Å²) >= 11 is 0. The Morgan fingerprint density at radius 3 is 2.50 bits per heavy atom. The maximum atomic E-state index is 13.3. The summed E-state index contributed by atoms with van der Waals surface area (Å²) in [5, 5.41) is 13.3. The lowest BCUT2D eigenvalue weighted by molar-refractivity contribution is -0.139. The summed E-state index contributed by atoms with van der Waals surface area (Å²) in [5.41, 5.74) is 1.19. The van der Waals surface area contributed by atoms with Crippen LogP contribution >= 0.6 is 0 Å². The molecule has 0 bridgehead atoms. The molecule has 0 radical (unpaired) electrons. The van der Waals surface area contributed by atoms with Crippen LogP contribution in [-0.2, 0) is 15.7 Å². The van der Waals surface area contributed by atoms with Crippen LogP contribution in [0.2, 0.25) is 0 Å². The maximum absolute atomic E-state index is 13.3. The molecule has 0 unspecified atom stereocenters. The van der Waals surface area contributed by atoms with Crippen LogP contribution in [-0.4, -0.2) is 60.7 Å². The van der Waals surface area contributed by atoms with Crippen LogP contribution in [0.15, 0.2) is 48.5 Å². The number of anilines is 2. The van der Waals surface area contributed by atoms with Gasteiger partial charge in [0.25, 0.3) is 0 Å². The van der Waals surface area contributed by atoms with Gasteiger partial charge in [0.15, 0.2) is 0 Å². The van der Waals surface area contributed by atoms with Gasteiger partial charge in [0.2, 0.25) is 5.91 Å². The largest absolute Gasteiger partial charge is 0.417 e. The zero-order valence-electron chi connectivity index (χ0n) is 22.4. The van der Waals surface area contributed by atoms with Gasteiger partial charge in [-0.3, -0.25) is 4.79 Å². The third-order valence-electron chi connectivity index (χ3n) is 7.72. The first-order valence-corrected chi connectivity index (χ1v) is 13.6. The summed E-state index contributed by atoms with van der Waals surface area (Å²) in [6, 6.07) is 15.6. The van der Waals surface area contributed by atoms with Crippen molar-refractivity contribution in [3.05, 3.63) is 65.2 Å². The lowest BCUT2D eigenvalue weighted by Crippen LogP contribution is -2.50. The standard InChI is InChI=1S/C30H32F3N5O2/c1-20-2-10-27-21(16-20)4-11-28(36-27)37-12-14-38(15-13-37)29(39)19-40-25-8-6-23(7-9-25)35-24-5-3-22(18-34)26(17-24)30(31,32)33/h2-5,10-11,16-17,23,25,35H,6-9,12-15,19H2,1H3/t23-,25-. The number of carbonyl (C=O) groups excluding carboxylic acids is 1. The van der Waals surface area contributed by atoms with Gasteiger partial charge in [-0.25, -0.2) is 4.98 Å². The number of aryl methyl sites for hydroxylation is 1. The highest BCUT2D eigenvalue weighted by Gasteiger charge is 2.34. The molecule has 1 aliphatic heterocycles. The smallest absolute Gasteiger partial charge is 0.382 e. The van der Waals surface area contributed by atoms with Gasteiger partial charge >= 0.3 is 6.18 Å². The molecule has 1 aromatic heterocycles. The van der Waals surface area contributed by atoms with E-state index in [-0.39, 0.29) is 30.2 Å². The lowest BCUT2D eigenvalue weighted by atomic mass is 9.92. The molecule has 0 spiro atoms. The van der Waals surface area contributed by atoms with Crippen molar-refractivity contribution < 1.29 is 22.7 Å². The van der Waals surface area contributed by atoms with Gasteiger partial charge in [0, 0.05) is 43.3 Å². The summed E-state index contributed by atoms with van der Waals surface area (Å²) in [5.74, 6) is 0.889. The minimum absolute atomic E-state index is 0.00499. The van der Waals surface area contributed by atoms with Gasteiger partial charge in [-0.1, -0.05) is 11.6 Å². The summed E-state index contributed by atoms with van der Waals surface area (Å²) in [6.07, 6.45) is -1.77. The Kier molecular flexibility index (Phi) is 8.12. The number of hydrogen-bond donors (Lipinski definition) is 1. The molecule has 1 saturated carbocycles. The Bertz CT molecular complexity index is 1400. The van der Waals surface area contributed by atoms with E-state index in [4.69, 9.17) is 15.0 Å². The molecule has 1 saturated heterocycles. The van der Waals surface area contributed by atoms with Crippen LogP contribution in [0, 0.1) is 18.3 Å². The second kappa shape index (κ2) is 11.7. The zero-order chi connectivity index (χ0) is 28.3. The fraction of sp³-hybridized carbons (Fsp3) is 0.433. The van der Waals surface area contributed by atoms with E-state index in [1.165, 1.54) is 17.7 Å². The molecule has 2 heterocycles. The topological polar surface area (TPSA) is 81.5 Å². The third-order valence-corrected chi connectivity index (χ3v) is 7.72. The minimum Gasteiger partial charge on any atom is -0.382 e. The van der Waals surface area contributed by atoms with E-state index in [1.54, 1.807) is 6.07 Å². The van der Waals surface area contributed by atoms with Gasteiger partial charge in [0.1, 0.15) is 12.4 Å². The summed E-state index contributed by atoms with van der Waals surface area (Å²) in [4.78, 5) is 21.6. The number of benzene rings is 2. The van der Waals surface area contributed by atoms with Crippen LogP contribution in [0.5, 0.6) is 0 Å². The van der Waals surface area contributed by atoms with E-state index in [1.807, 2.05) is 17.0 Å². The number of carbonyl (C=O) groups is 1. The average molecular weight is 552 g/mol. The van der Waals surface area contributed by atoms with Crippen molar-refractivity contribution in [1.29, 1.82) is 5.26 Å². The first-order valence-electron chi connectivity index (χ1n) is 13.6. The average Bonchev–Trinajstić information content (AvgIpc) is 2.96. The number of hydrogen-bond acceptors (Lipinski definition) is 6. The third kappa shape index (κ3) is 6.48. The van der Waals surface area contributed by atoms with Crippen molar-refractivity contribution in [2.45, 2.75) is 50.9 Å². The summed E-state index contributed by atoms with van der Waals surface area (Å²) in [7, 11) is 0. The number of fused-ring (bicyclic) bond motifs is 1. The Balaban J connectivity index is 1.05. The number of alkyl halides is 3. The molecular weight excluding hydrogens is 519 g/mol. The van der Waals surface area contributed by atoms with Crippen molar-refractivity contribution in [3.8, 4) is 6.07 Å². The zero-order valence-corrected chi connectivity index (χ0v) is 22.4. The van der Waals surface area contributed by atoms with Crippen LogP contribution in [0.25, 0.3) is 10.9 Å². The number of piperazine rings is 1. The molecule has 5 rings (SSSR count). The van der Waals surface area contributed by atoms with Crippen molar-refractivity contribution in [1.82, 2.24) is 9.88 Å². The van der Waals surface area contributed by atoms with Crippen molar-refractivity contribution in [2.24, 2.45) is 0 Å². The van der Waals surface area contributed by atoms with Crippen LogP contribution in [0.1, 0.15) is 42.4 Å². The van der Waals surface area contributed by atoms with Crippen molar-refractivity contribution in [2.75, 3.05) is 43.0 Å². The van der Waals surface area contributed by atoms with Gasteiger partial charge in [-0.2, -0.15) is 18.4 Å². The fourth-order valence-electron chi connectivity index (χ4n) is 5.45.